The van der Waals surface area contributed by atoms with Crippen LogP contribution in [0.5, 0.6) is 5.75 Å². The van der Waals surface area contributed by atoms with Gasteiger partial charge in [-0.1, -0.05) is 24.3 Å². The number of halogens is 1. The molecular weight excluding hydrogens is 466 g/mol. The van der Waals surface area contributed by atoms with Crippen LogP contribution >= 0.6 is 15.9 Å². The molecular formula is C22H20BrN3O5. The third-order valence-corrected chi connectivity index (χ3v) is 4.78. The minimum atomic E-state index is -0.809. The molecule has 160 valence electrons. The van der Waals surface area contributed by atoms with Gasteiger partial charge < -0.3 is 14.8 Å². The average Bonchev–Trinajstić information content (AvgIpc) is 2.76. The Kier molecular flexibility index (Phi) is 7.55. The van der Waals surface area contributed by atoms with Crippen molar-refractivity contribution in [1.82, 2.24) is 9.78 Å². The number of anilines is 1. The van der Waals surface area contributed by atoms with E-state index in [0.717, 1.165) is 14.7 Å². The zero-order valence-corrected chi connectivity index (χ0v) is 18.3. The topological polar surface area (TPSA) is 99.5 Å². The third-order valence-electron chi connectivity index (χ3n) is 4.12. The van der Waals surface area contributed by atoms with Gasteiger partial charge in [-0.2, -0.15) is 5.10 Å². The van der Waals surface area contributed by atoms with Crippen molar-refractivity contribution in [1.29, 1.82) is 0 Å². The summed E-state index contributed by atoms with van der Waals surface area (Å²) >= 11 is 3.37. The van der Waals surface area contributed by atoms with E-state index in [1.807, 2.05) is 37.3 Å². The highest BCUT2D eigenvalue weighted by molar-refractivity contribution is 9.10. The summed E-state index contributed by atoms with van der Waals surface area (Å²) in [6.07, 6.45) is 0. The molecule has 3 rings (SSSR count). The zero-order chi connectivity index (χ0) is 22.2. The maximum absolute atomic E-state index is 12.3. The number of ether oxygens (including phenoxy) is 2. The van der Waals surface area contributed by atoms with Gasteiger partial charge in [0.15, 0.2) is 12.3 Å². The van der Waals surface area contributed by atoms with Crippen LogP contribution < -0.4 is 15.6 Å². The first kappa shape index (κ1) is 22.2. The Morgan fingerprint density at radius 1 is 1.10 bits per heavy atom. The van der Waals surface area contributed by atoms with Crippen LogP contribution in [0.2, 0.25) is 0 Å². The van der Waals surface area contributed by atoms with E-state index < -0.39 is 18.5 Å². The Morgan fingerprint density at radius 3 is 2.61 bits per heavy atom. The van der Waals surface area contributed by atoms with Crippen molar-refractivity contribution >= 4 is 33.5 Å². The van der Waals surface area contributed by atoms with Crippen LogP contribution in [0.25, 0.3) is 0 Å². The van der Waals surface area contributed by atoms with Crippen LogP contribution in [-0.4, -0.2) is 34.9 Å². The number of benzene rings is 2. The molecule has 0 atom stereocenters. The standard InChI is InChI=1S/C22H20BrN3O5/c1-15-7-8-18(17(23)13-15)24-20(27)14-31-22(29)19-9-10-21(28)26(25-19)11-12-30-16-5-3-2-4-6-16/h2-10,13H,11-12,14H2,1H3,(H,24,27). The lowest BCUT2D eigenvalue weighted by Crippen LogP contribution is -2.28. The number of nitrogens with one attached hydrogen (secondary N) is 1. The SMILES string of the molecule is Cc1ccc(NC(=O)COC(=O)c2ccc(=O)n(CCOc3ccccc3)n2)c(Br)c1. The van der Waals surface area contributed by atoms with E-state index in [2.05, 4.69) is 26.3 Å². The van der Waals surface area contributed by atoms with E-state index in [1.165, 1.54) is 12.1 Å². The fraction of sp³-hybridized carbons (Fsp3) is 0.182. The molecule has 0 saturated heterocycles. The number of carbonyl (C=O) groups is 2. The normalized spacial score (nSPS) is 10.4. The van der Waals surface area contributed by atoms with Crippen LogP contribution in [0, 0.1) is 6.92 Å². The predicted octanol–water partition coefficient (Wildman–Crippen LogP) is 3.19. The van der Waals surface area contributed by atoms with Gasteiger partial charge in [0.05, 0.1) is 12.2 Å². The molecule has 31 heavy (non-hydrogen) atoms. The number of aryl methyl sites for hydroxylation is 1. The molecule has 1 amide bonds. The summed E-state index contributed by atoms with van der Waals surface area (Å²) in [6.45, 7) is 1.79. The van der Waals surface area contributed by atoms with E-state index >= 15 is 0 Å². The summed E-state index contributed by atoms with van der Waals surface area (Å²) in [5.41, 5.74) is 1.14. The minimum absolute atomic E-state index is 0.0800. The van der Waals surface area contributed by atoms with Gasteiger partial charge in [0.2, 0.25) is 0 Å². The largest absolute Gasteiger partial charge is 0.492 e. The highest BCUT2D eigenvalue weighted by Gasteiger charge is 2.14. The molecule has 0 aliphatic carbocycles. The number of hydrogen-bond acceptors (Lipinski definition) is 6. The van der Waals surface area contributed by atoms with E-state index in [-0.39, 0.29) is 24.4 Å². The van der Waals surface area contributed by atoms with Crippen molar-refractivity contribution < 1.29 is 19.1 Å². The molecule has 3 aromatic rings. The van der Waals surface area contributed by atoms with Gasteiger partial charge in [0.25, 0.3) is 11.5 Å². The van der Waals surface area contributed by atoms with Gasteiger partial charge in [0.1, 0.15) is 12.4 Å². The molecule has 0 aliphatic rings. The molecule has 1 N–H and O–H groups in total. The lowest BCUT2D eigenvalue weighted by Gasteiger charge is -2.10. The maximum atomic E-state index is 12.3. The number of hydrogen-bond donors (Lipinski definition) is 1. The zero-order valence-electron chi connectivity index (χ0n) is 16.7. The van der Waals surface area contributed by atoms with E-state index in [9.17, 15) is 14.4 Å². The molecule has 0 bridgehead atoms. The molecule has 0 unspecified atom stereocenters. The summed E-state index contributed by atoms with van der Waals surface area (Å²) in [5.74, 6) is -0.643. The molecule has 1 aromatic heterocycles. The second-order valence-electron chi connectivity index (χ2n) is 6.55. The molecule has 1 heterocycles. The molecule has 8 nitrogen and oxygen atoms in total. The summed E-state index contributed by atoms with van der Waals surface area (Å²) in [7, 11) is 0. The van der Waals surface area contributed by atoms with Crippen molar-refractivity contribution in [2.24, 2.45) is 0 Å². The number of amides is 1. The quantitative estimate of drug-likeness (QED) is 0.491. The van der Waals surface area contributed by atoms with Crippen molar-refractivity contribution in [2.75, 3.05) is 18.5 Å². The Morgan fingerprint density at radius 2 is 1.87 bits per heavy atom. The lowest BCUT2D eigenvalue weighted by molar-refractivity contribution is -0.119. The van der Waals surface area contributed by atoms with Crippen LogP contribution in [0.3, 0.4) is 0 Å². The summed E-state index contributed by atoms with van der Waals surface area (Å²) in [6, 6.07) is 17.1. The smallest absolute Gasteiger partial charge is 0.359 e. The average molecular weight is 486 g/mol. The second kappa shape index (κ2) is 10.5. The first-order chi connectivity index (χ1) is 14.9. The second-order valence-corrected chi connectivity index (χ2v) is 7.40. The fourth-order valence-electron chi connectivity index (χ4n) is 2.60. The van der Waals surface area contributed by atoms with Gasteiger partial charge in [-0.15, -0.1) is 0 Å². The molecule has 9 heteroatoms. The first-order valence-electron chi connectivity index (χ1n) is 9.41. The monoisotopic (exact) mass is 485 g/mol. The number of nitrogens with zero attached hydrogens (tertiary/aromatic N) is 2. The number of carbonyl (C=O) groups excluding carboxylic acids is 2. The highest BCUT2D eigenvalue weighted by Crippen LogP contribution is 2.23. The van der Waals surface area contributed by atoms with Gasteiger partial charge in [0, 0.05) is 10.5 Å². The summed E-state index contributed by atoms with van der Waals surface area (Å²) in [5, 5.41) is 6.65. The molecule has 0 spiro atoms. The number of para-hydroxylation sites is 1. The lowest BCUT2D eigenvalue weighted by atomic mass is 10.2. The van der Waals surface area contributed by atoms with E-state index in [0.29, 0.717) is 11.4 Å². The Balaban J connectivity index is 1.54. The van der Waals surface area contributed by atoms with Gasteiger partial charge in [-0.25, -0.2) is 9.48 Å². The molecule has 0 aliphatic heterocycles. The van der Waals surface area contributed by atoms with E-state index in [4.69, 9.17) is 9.47 Å². The third kappa shape index (κ3) is 6.51. The predicted molar refractivity (Wildman–Crippen MR) is 118 cm³/mol. The van der Waals surface area contributed by atoms with Gasteiger partial charge >= 0.3 is 5.97 Å². The van der Waals surface area contributed by atoms with Crippen LogP contribution in [-0.2, 0) is 16.1 Å². The highest BCUT2D eigenvalue weighted by atomic mass is 79.9. The van der Waals surface area contributed by atoms with Crippen molar-refractivity contribution in [2.45, 2.75) is 13.5 Å². The van der Waals surface area contributed by atoms with Crippen molar-refractivity contribution in [3.05, 3.63) is 86.7 Å². The van der Waals surface area contributed by atoms with Crippen molar-refractivity contribution in [3.8, 4) is 5.75 Å². The van der Waals surface area contributed by atoms with Crippen LogP contribution in [0.4, 0.5) is 5.69 Å². The van der Waals surface area contributed by atoms with Gasteiger partial charge in [-0.05, 0) is 58.7 Å². The molecule has 2 aromatic carbocycles. The maximum Gasteiger partial charge on any atom is 0.359 e. The number of rotatable bonds is 8. The van der Waals surface area contributed by atoms with Crippen molar-refractivity contribution in [3.63, 3.8) is 0 Å². The molecule has 0 radical (unpaired) electrons. The summed E-state index contributed by atoms with van der Waals surface area (Å²) in [4.78, 5) is 36.3. The summed E-state index contributed by atoms with van der Waals surface area (Å²) < 4.78 is 12.4. The Labute approximate surface area is 186 Å². The first-order valence-corrected chi connectivity index (χ1v) is 10.2. The van der Waals surface area contributed by atoms with Crippen LogP contribution in [0.1, 0.15) is 16.1 Å². The van der Waals surface area contributed by atoms with E-state index in [1.54, 1.807) is 18.2 Å². The number of esters is 1. The molecule has 0 saturated carbocycles. The fourth-order valence-corrected chi connectivity index (χ4v) is 3.19. The minimum Gasteiger partial charge on any atom is -0.492 e. The Bertz CT molecular complexity index is 1130. The van der Waals surface area contributed by atoms with Gasteiger partial charge in [-0.3, -0.25) is 9.59 Å². The van der Waals surface area contributed by atoms with Crippen LogP contribution in [0.15, 0.2) is 69.9 Å². The molecule has 0 fully saturated rings. The Hall–Kier alpha value is -3.46. The number of aromatic nitrogens is 2.